The van der Waals surface area contributed by atoms with Crippen LogP contribution in [0.5, 0.6) is 5.75 Å². The molecule has 0 bridgehead atoms. The first-order valence-electron chi connectivity index (χ1n) is 4.36. The molecule has 0 fully saturated rings. The molecule has 1 N–H and O–H groups in total. The van der Waals surface area contributed by atoms with Gasteiger partial charge in [0.05, 0.1) is 7.11 Å². The highest BCUT2D eigenvalue weighted by molar-refractivity contribution is 8.01. The second-order valence-electron chi connectivity index (χ2n) is 2.80. The van der Waals surface area contributed by atoms with Crippen molar-refractivity contribution in [1.82, 2.24) is 0 Å². The average Bonchev–Trinajstić information content (AvgIpc) is 2.25. The number of carbonyl (C=O) groups is 1. The molecule has 80 valence electrons. The van der Waals surface area contributed by atoms with Crippen molar-refractivity contribution in [3.05, 3.63) is 41.3 Å². The van der Waals surface area contributed by atoms with E-state index in [1.54, 1.807) is 12.5 Å². The lowest BCUT2D eigenvalue weighted by Crippen LogP contribution is -1.85. The Kier molecular flexibility index (Phi) is 4.77. The number of thioether (sulfide) groups is 1. The number of carboxylic acid groups (broad SMARTS) is 1. The third-order valence-corrected chi connectivity index (χ3v) is 2.54. The molecular formula is C11H12O3S. The lowest BCUT2D eigenvalue weighted by atomic mass is 10.2. The maximum atomic E-state index is 10.2. The van der Waals surface area contributed by atoms with Crippen LogP contribution in [0.15, 0.2) is 35.7 Å². The third-order valence-electron chi connectivity index (χ3n) is 1.72. The molecule has 0 heterocycles. The number of carboxylic acids is 1. The molecule has 0 saturated heterocycles. The molecule has 0 radical (unpaired) electrons. The average molecular weight is 224 g/mol. The van der Waals surface area contributed by atoms with Crippen LogP contribution in [0.3, 0.4) is 0 Å². The summed E-state index contributed by atoms with van der Waals surface area (Å²) in [4.78, 5) is 10.2. The van der Waals surface area contributed by atoms with Crippen LogP contribution in [0.2, 0.25) is 0 Å². The summed E-state index contributed by atoms with van der Waals surface area (Å²) in [6.07, 6.45) is 1.13. The molecule has 0 aliphatic heterocycles. The zero-order valence-corrected chi connectivity index (χ0v) is 9.16. The Morgan fingerprint density at radius 3 is 2.67 bits per heavy atom. The fourth-order valence-electron chi connectivity index (χ4n) is 0.972. The van der Waals surface area contributed by atoms with E-state index in [2.05, 4.69) is 0 Å². The summed E-state index contributed by atoms with van der Waals surface area (Å²) in [5, 5.41) is 9.94. The summed E-state index contributed by atoms with van der Waals surface area (Å²) < 4.78 is 5.03. The monoisotopic (exact) mass is 224 g/mol. The van der Waals surface area contributed by atoms with Gasteiger partial charge >= 0.3 is 5.97 Å². The van der Waals surface area contributed by atoms with Gasteiger partial charge in [-0.25, -0.2) is 4.79 Å². The predicted octanol–water partition coefficient (Wildman–Crippen LogP) is 2.53. The van der Waals surface area contributed by atoms with Gasteiger partial charge in [0, 0.05) is 11.8 Å². The molecule has 1 aromatic rings. The van der Waals surface area contributed by atoms with Gasteiger partial charge in [0.25, 0.3) is 0 Å². The van der Waals surface area contributed by atoms with Gasteiger partial charge in [-0.3, -0.25) is 0 Å². The molecule has 4 heteroatoms. The van der Waals surface area contributed by atoms with E-state index in [9.17, 15) is 4.79 Å². The fraction of sp³-hybridized carbons (Fsp3) is 0.182. The van der Waals surface area contributed by atoms with Crippen molar-refractivity contribution in [3.63, 3.8) is 0 Å². The maximum absolute atomic E-state index is 10.2. The largest absolute Gasteiger partial charge is 0.497 e. The number of rotatable bonds is 5. The normalized spacial score (nSPS) is 10.5. The molecule has 0 amide bonds. The van der Waals surface area contributed by atoms with Crippen molar-refractivity contribution in [2.45, 2.75) is 5.75 Å². The number of hydrogen-bond acceptors (Lipinski definition) is 3. The SMILES string of the molecule is COc1ccc(CS/C=C\C(=O)O)cc1. The van der Waals surface area contributed by atoms with Crippen LogP contribution in [0.4, 0.5) is 0 Å². The van der Waals surface area contributed by atoms with Crippen LogP contribution >= 0.6 is 11.8 Å². The van der Waals surface area contributed by atoms with E-state index >= 15 is 0 Å². The highest BCUT2D eigenvalue weighted by Gasteiger charge is 1.93. The predicted molar refractivity (Wildman–Crippen MR) is 61.1 cm³/mol. The topological polar surface area (TPSA) is 46.5 Å². The van der Waals surface area contributed by atoms with Crippen molar-refractivity contribution < 1.29 is 14.6 Å². The van der Waals surface area contributed by atoms with E-state index in [4.69, 9.17) is 9.84 Å². The molecular weight excluding hydrogens is 212 g/mol. The second kappa shape index (κ2) is 6.14. The van der Waals surface area contributed by atoms with E-state index in [1.807, 2.05) is 24.3 Å². The summed E-state index contributed by atoms with van der Waals surface area (Å²) in [5.41, 5.74) is 1.14. The molecule has 0 aliphatic rings. The Bertz CT molecular complexity index is 343. The van der Waals surface area contributed by atoms with E-state index in [0.29, 0.717) is 0 Å². The quantitative estimate of drug-likeness (QED) is 0.781. The van der Waals surface area contributed by atoms with Crippen LogP contribution in [0.1, 0.15) is 5.56 Å². The number of aliphatic carboxylic acids is 1. The van der Waals surface area contributed by atoms with E-state index in [-0.39, 0.29) is 0 Å². The molecule has 1 rings (SSSR count). The van der Waals surface area contributed by atoms with Crippen molar-refractivity contribution >= 4 is 17.7 Å². The van der Waals surface area contributed by atoms with Crippen LogP contribution < -0.4 is 4.74 Å². The van der Waals surface area contributed by atoms with Gasteiger partial charge in [0.15, 0.2) is 0 Å². The molecule has 0 spiro atoms. The summed E-state index contributed by atoms with van der Waals surface area (Å²) in [6, 6.07) is 7.69. The van der Waals surface area contributed by atoms with Gasteiger partial charge in [-0.1, -0.05) is 12.1 Å². The molecule has 0 unspecified atom stereocenters. The summed E-state index contributed by atoms with van der Waals surface area (Å²) in [6.45, 7) is 0. The first kappa shape index (κ1) is 11.7. The Morgan fingerprint density at radius 2 is 2.13 bits per heavy atom. The van der Waals surface area contributed by atoms with Crippen LogP contribution in [-0.4, -0.2) is 18.2 Å². The van der Waals surface area contributed by atoms with Crippen molar-refractivity contribution in [3.8, 4) is 5.75 Å². The third kappa shape index (κ3) is 4.56. The Balaban J connectivity index is 2.41. The minimum absolute atomic E-state index is 0.758. The van der Waals surface area contributed by atoms with Gasteiger partial charge in [-0.15, -0.1) is 11.8 Å². The minimum atomic E-state index is -0.919. The van der Waals surface area contributed by atoms with Gasteiger partial charge in [0.2, 0.25) is 0 Å². The second-order valence-corrected chi connectivity index (χ2v) is 3.69. The van der Waals surface area contributed by atoms with Crippen LogP contribution in [0.25, 0.3) is 0 Å². The smallest absolute Gasteiger partial charge is 0.328 e. The standard InChI is InChI=1S/C11H12O3S/c1-14-10-4-2-9(3-5-10)8-15-7-6-11(12)13/h2-7H,8H2,1H3,(H,12,13)/b7-6-. The first-order valence-corrected chi connectivity index (χ1v) is 5.41. The highest BCUT2D eigenvalue weighted by atomic mass is 32.2. The number of benzene rings is 1. The number of methoxy groups -OCH3 is 1. The summed E-state index contributed by atoms with van der Waals surface area (Å²) >= 11 is 1.45. The molecule has 0 aliphatic carbocycles. The van der Waals surface area contributed by atoms with Crippen molar-refractivity contribution in [1.29, 1.82) is 0 Å². The van der Waals surface area contributed by atoms with E-state index in [0.717, 1.165) is 23.1 Å². The van der Waals surface area contributed by atoms with E-state index in [1.165, 1.54) is 11.8 Å². The highest BCUT2D eigenvalue weighted by Crippen LogP contribution is 2.16. The van der Waals surface area contributed by atoms with Crippen molar-refractivity contribution in [2.75, 3.05) is 7.11 Å². The van der Waals surface area contributed by atoms with Crippen LogP contribution in [0, 0.1) is 0 Å². The zero-order chi connectivity index (χ0) is 11.1. The molecule has 3 nitrogen and oxygen atoms in total. The lowest BCUT2D eigenvalue weighted by molar-refractivity contribution is -0.131. The fourth-order valence-corrected chi connectivity index (χ4v) is 1.67. The Morgan fingerprint density at radius 1 is 1.47 bits per heavy atom. The molecule has 0 atom stereocenters. The Labute approximate surface area is 92.8 Å². The van der Waals surface area contributed by atoms with Crippen molar-refractivity contribution in [2.24, 2.45) is 0 Å². The van der Waals surface area contributed by atoms with Gasteiger partial charge < -0.3 is 9.84 Å². The summed E-state index contributed by atoms with van der Waals surface area (Å²) in [7, 11) is 1.62. The number of hydrogen-bond donors (Lipinski definition) is 1. The summed E-state index contributed by atoms with van der Waals surface area (Å²) in [5.74, 6) is 0.662. The first-order chi connectivity index (χ1) is 7.22. The molecule has 15 heavy (non-hydrogen) atoms. The van der Waals surface area contributed by atoms with Gasteiger partial charge in [0.1, 0.15) is 5.75 Å². The van der Waals surface area contributed by atoms with Crippen LogP contribution in [-0.2, 0) is 10.5 Å². The Hall–Kier alpha value is -1.42. The minimum Gasteiger partial charge on any atom is -0.497 e. The molecule has 1 aromatic carbocycles. The molecule has 0 saturated carbocycles. The van der Waals surface area contributed by atoms with E-state index < -0.39 is 5.97 Å². The zero-order valence-electron chi connectivity index (χ0n) is 8.34. The van der Waals surface area contributed by atoms with Gasteiger partial charge in [-0.05, 0) is 23.1 Å². The number of ether oxygens (including phenoxy) is 1. The lowest BCUT2D eigenvalue weighted by Gasteiger charge is -2.01. The van der Waals surface area contributed by atoms with Gasteiger partial charge in [-0.2, -0.15) is 0 Å². The molecule has 0 aromatic heterocycles. The maximum Gasteiger partial charge on any atom is 0.328 e.